The van der Waals surface area contributed by atoms with Crippen molar-refractivity contribution in [1.29, 1.82) is 0 Å². The van der Waals surface area contributed by atoms with E-state index in [2.05, 4.69) is 4.98 Å². The largest absolute Gasteiger partial charge is 0.481 e. The number of carbonyl (C=O) groups is 1. The molecule has 4 nitrogen and oxygen atoms in total. The van der Waals surface area contributed by atoms with Gasteiger partial charge in [-0.2, -0.15) is 0 Å². The van der Waals surface area contributed by atoms with Gasteiger partial charge in [-0.3, -0.25) is 4.79 Å². The van der Waals surface area contributed by atoms with Gasteiger partial charge in [-0.15, -0.1) is 0 Å². The molecule has 5 heteroatoms. The van der Waals surface area contributed by atoms with Gasteiger partial charge in [0.1, 0.15) is 0 Å². The third-order valence-corrected chi connectivity index (χ3v) is 3.14. The van der Waals surface area contributed by atoms with Crippen LogP contribution in [0.2, 0.25) is 0 Å². The Kier molecular flexibility index (Phi) is 2.77. The number of imidazole rings is 1. The lowest BCUT2D eigenvalue weighted by molar-refractivity contribution is -0.133. The Bertz CT molecular complexity index is 333. The maximum Gasteiger partial charge on any atom is 0.313 e. The summed E-state index contributed by atoms with van der Waals surface area (Å²) in [4.78, 5) is 14.5. The summed E-state index contributed by atoms with van der Waals surface area (Å²) < 4.78 is 2.05. The molecule has 0 spiro atoms. The first-order valence-electron chi connectivity index (χ1n) is 4.61. The Morgan fingerprint density at radius 1 is 1.71 bits per heavy atom. The highest BCUT2D eigenvalue weighted by Gasteiger charge is 2.22. The van der Waals surface area contributed by atoms with Crippen molar-refractivity contribution >= 4 is 17.7 Å². The molecule has 0 amide bonds. The van der Waals surface area contributed by atoms with Gasteiger partial charge in [-0.1, -0.05) is 11.8 Å². The SMILES string of the molecule is O=C(O)CSc1nccn1CC1CC1. The minimum absolute atomic E-state index is 0.0850. The van der Waals surface area contributed by atoms with Crippen LogP contribution in [0, 0.1) is 5.92 Å². The summed E-state index contributed by atoms with van der Waals surface area (Å²) in [7, 11) is 0. The van der Waals surface area contributed by atoms with Crippen LogP contribution in [0.3, 0.4) is 0 Å². The Balaban J connectivity index is 1.93. The molecule has 0 radical (unpaired) electrons. The highest BCUT2D eigenvalue weighted by Crippen LogP contribution is 2.31. The Labute approximate surface area is 86.3 Å². The monoisotopic (exact) mass is 212 g/mol. The van der Waals surface area contributed by atoms with Crippen LogP contribution in [-0.4, -0.2) is 26.4 Å². The van der Waals surface area contributed by atoms with Gasteiger partial charge in [0.15, 0.2) is 5.16 Å². The highest BCUT2D eigenvalue weighted by molar-refractivity contribution is 7.99. The summed E-state index contributed by atoms with van der Waals surface area (Å²) in [5.41, 5.74) is 0. The van der Waals surface area contributed by atoms with Crippen LogP contribution < -0.4 is 0 Å². The van der Waals surface area contributed by atoms with E-state index in [1.807, 2.05) is 10.8 Å². The maximum atomic E-state index is 10.4. The molecule has 1 aliphatic rings. The average molecular weight is 212 g/mol. The zero-order valence-electron chi connectivity index (χ0n) is 7.72. The Hall–Kier alpha value is -0.970. The smallest absolute Gasteiger partial charge is 0.313 e. The number of thioether (sulfide) groups is 1. The summed E-state index contributed by atoms with van der Waals surface area (Å²) in [5, 5.41) is 9.36. The van der Waals surface area contributed by atoms with Gasteiger partial charge in [0.05, 0.1) is 5.75 Å². The number of carboxylic acid groups (broad SMARTS) is 1. The molecule has 1 aliphatic carbocycles. The molecule has 76 valence electrons. The van der Waals surface area contributed by atoms with E-state index in [0.717, 1.165) is 17.6 Å². The first-order chi connectivity index (χ1) is 6.75. The first kappa shape index (κ1) is 9.58. The van der Waals surface area contributed by atoms with Gasteiger partial charge < -0.3 is 9.67 Å². The zero-order chi connectivity index (χ0) is 9.97. The van der Waals surface area contributed by atoms with Crippen LogP contribution in [0.4, 0.5) is 0 Å². The van der Waals surface area contributed by atoms with Crippen LogP contribution in [-0.2, 0) is 11.3 Å². The van der Waals surface area contributed by atoms with Crippen molar-refractivity contribution in [3.8, 4) is 0 Å². The molecule has 14 heavy (non-hydrogen) atoms. The van der Waals surface area contributed by atoms with E-state index in [4.69, 9.17) is 5.11 Å². The molecule has 0 aliphatic heterocycles. The second kappa shape index (κ2) is 4.04. The molecular weight excluding hydrogens is 200 g/mol. The lowest BCUT2D eigenvalue weighted by Gasteiger charge is -2.04. The van der Waals surface area contributed by atoms with Gasteiger partial charge in [0.25, 0.3) is 0 Å². The second-order valence-electron chi connectivity index (χ2n) is 3.49. The minimum Gasteiger partial charge on any atom is -0.481 e. The van der Waals surface area contributed by atoms with Crippen molar-refractivity contribution in [2.75, 3.05) is 5.75 Å². The number of carboxylic acids is 1. The number of hydrogen-bond acceptors (Lipinski definition) is 3. The van der Waals surface area contributed by atoms with Crippen LogP contribution >= 0.6 is 11.8 Å². The third-order valence-electron chi connectivity index (χ3n) is 2.15. The predicted molar refractivity (Wildman–Crippen MR) is 53.3 cm³/mol. The van der Waals surface area contributed by atoms with Crippen LogP contribution in [0.5, 0.6) is 0 Å². The summed E-state index contributed by atoms with van der Waals surface area (Å²) in [6.45, 7) is 0.988. The molecule has 0 aromatic carbocycles. The van der Waals surface area contributed by atoms with E-state index >= 15 is 0 Å². The summed E-state index contributed by atoms with van der Waals surface area (Å²) in [5.74, 6) is 0.0751. The highest BCUT2D eigenvalue weighted by atomic mass is 32.2. The fraction of sp³-hybridized carbons (Fsp3) is 0.556. The molecule has 1 saturated carbocycles. The maximum absolute atomic E-state index is 10.4. The van der Waals surface area contributed by atoms with E-state index in [-0.39, 0.29) is 5.75 Å². The number of aromatic nitrogens is 2. The molecular formula is C9H12N2O2S. The standard InChI is InChI=1S/C9H12N2O2S/c12-8(13)6-14-9-10-3-4-11(9)5-7-1-2-7/h3-4,7H,1-2,5-6H2,(H,12,13). The van der Waals surface area contributed by atoms with E-state index in [1.54, 1.807) is 6.20 Å². The number of aliphatic carboxylic acids is 1. The lowest BCUT2D eigenvalue weighted by atomic mass is 10.4. The van der Waals surface area contributed by atoms with Crippen molar-refractivity contribution in [3.05, 3.63) is 12.4 Å². The topological polar surface area (TPSA) is 55.1 Å². The fourth-order valence-electron chi connectivity index (χ4n) is 1.28. The summed E-state index contributed by atoms with van der Waals surface area (Å²) >= 11 is 1.28. The molecule has 0 unspecified atom stereocenters. The molecule has 0 saturated heterocycles. The predicted octanol–water partition coefficient (Wildman–Crippen LogP) is 1.47. The van der Waals surface area contributed by atoms with E-state index < -0.39 is 5.97 Å². The number of nitrogens with zero attached hydrogens (tertiary/aromatic N) is 2. The molecule has 1 fully saturated rings. The Morgan fingerprint density at radius 2 is 2.50 bits per heavy atom. The summed E-state index contributed by atoms with van der Waals surface area (Å²) in [6, 6.07) is 0. The van der Waals surface area contributed by atoms with Crippen molar-refractivity contribution < 1.29 is 9.90 Å². The van der Waals surface area contributed by atoms with Gasteiger partial charge in [-0.05, 0) is 18.8 Å². The van der Waals surface area contributed by atoms with E-state index in [9.17, 15) is 4.79 Å². The molecule has 2 rings (SSSR count). The lowest BCUT2D eigenvalue weighted by Crippen LogP contribution is -2.03. The first-order valence-corrected chi connectivity index (χ1v) is 5.60. The quantitative estimate of drug-likeness (QED) is 0.751. The van der Waals surface area contributed by atoms with Gasteiger partial charge in [0, 0.05) is 18.9 Å². The molecule has 0 bridgehead atoms. The normalized spacial score (nSPS) is 15.7. The van der Waals surface area contributed by atoms with Crippen molar-refractivity contribution in [3.63, 3.8) is 0 Å². The minimum atomic E-state index is -0.795. The molecule has 1 heterocycles. The molecule has 1 N–H and O–H groups in total. The van der Waals surface area contributed by atoms with Crippen LogP contribution in [0.1, 0.15) is 12.8 Å². The van der Waals surface area contributed by atoms with Crippen molar-refractivity contribution in [1.82, 2.24) is 9.55 Å². The Morgan fingerprint density at radius 3 is 3.14 bits per heavy atom. The van der Waals surface area contributed by atoms with Crippen molar-refractivity contribution in [2.24, 2.45) is 5.92 Å². The van der Waals surface area contributed by atoms with Crippen molar-refractivity contribution in [2.45, 2.75) is 24.5 Å². The molecule has 0 atom stereocenters. The van der Waals surface area contributed by atoms with E-state index in [0.29, 0.717) is 0 Å². The van der Waals surface area contributed by atoms with Crippen LogP contribution in [0.15, 0.2) is 17.6 Å². The molecule has 1 aromatic rings. The number of hydrogen-bond donors (Lipinski definition) is 1. The van der Waals surface area contributed by atoms with E-state index in [1.165, 1.54) is 24.6 Å². The van der Waals surface area contributed by atoms with Gasteiger partial charge in [0.2, 0.25) is 0 Å². The number of rotatable bonds is 5. The van der Waals surface area contributed by atoms with Gasteiger partial charge in [-0.25, -0.2) is 4.98 Å². The summed E-state index contributed by atoms with van der Waals surface area (Å²) in [6.07, 6.45) is 6.23. The van der Waals surface area contributed by atoms with Crippen LogP contribution in [0.25, 0.3) is 0 Å². The zero-order valence-corrected chi connectivity index (χ0v) is 8.54. The molecule has 1 aromatic heterocycles. The van der Waals surface area contributed by atoms with Gasteiger partial charge >= 0.3 is 5.97 Å². The second-order valence-corrected chi connectivity index (χ2v) is 4.43. The third kappa shape index (κ3) is 2.51. The fourth-order valence-corrected chi connectivity index (χ4v) is 1.97. The average Bonchev–Trinajstić information content (AvgIpc) is 2.81.